The lowest BCUT2D eigenvalue weighted by molar-refractivity contribution is 0.344. The van der Waals surface area contributed by atoms with Crippen LogP contribution in [0.5, 0.6) is 5.75 Å². The van der Waals surface area contributed by atoms with Crippen LogP contribution in [-0.2, 0) is 0 Å². The number of aryl methyl sites for hydroxylation is 2. The average molecular weight is 402 g/mol. The lowest BCUT2D eigenvalue weighted by Crippen LogP contribution is -2.03. The molecule has 4 aromatic rings. The summed E-state index contributed by atoms with van der Waals surface area (Å²) in [7, 11) is 0. The highest BCUT2D eigenvalue weighted by molar-refractivity contribution is 7.99. The maximum Gasteiger partial charge on any atom is 0.196 e. The van der Waals surface area contributed by atoms with Crippen molar-refractivity contribution in [2.24, 2.45) is 0 Å². The van der Waals surface area contributed by atoms with Crippen LogP contribution in [0.25, 0.3) is 17.1 Å². The maximum absolute atomic E-state index is 5.86. The second-order valence-corrected chi connectivity index (χ2v) is 7.92. The zero-order valence-electron chi connectivity index (χ0n) is 16.6. The molecule has 0 bridgehead atoms. The summed E-state index contributed by atoms with van der Waals surface area (Å²) in [6, 6.07) is 26.7. The third kappa shape index (κ3) is 4.69. The van der Waals surface area contributed by atoms with E-state index in [-0.39, 0.29) is 0 Å². The molecule has 0 saturated carbocycles. The van der Waals surface area contributed by atoms with Gasteiger partial charge in [-0.15, -0.1) is 10.2 Å². The maximum atomic E-state index is 5.86. The van der Waals surface area contributed by atoms with Gasteiger partial charge in [0, 0.05) is 17.0 Å². The van der Waals surface area contributed by atoms with E-state index in [1.807, 2.05) is 30.3 Å². The van der Waals surface area contributed by atoms with Gasteiger partial charge in [0.2, 0.25) is 0 Å². The molecule has 0 aliphatic rings. The Bertz CT molecular complexity index is 1070. The van der Waals surface area contributed by atoms with Crippen LogP contribution in [0.15, 0.2) is 84.0 Å². The summed E-state index contributed by atoms with van der Waals surface area (Å²) >= 11 is 1.65. The Labute approximate surface area is 175 Å². The van der Waals surface area contributed by atoms with Crippen LogP contribution >= 0.6 is 11.8 Å². The molecule has 4 rings (SSSR count). The SMILES string of the molecule is Cc1ccc(OCCSc2nnc(-c3ccccc3)n2-c2cccc(C)c2)cc1. The molecular formula is C24H23N3OS. The predicted molar refractivity (Wildman–Crippen MR) is 119 cm³/mol. The van der Waals surface area contributed by atoms with Gasteiger partial charge in [-0.25, -0.2) is 0 Å². The Morgan fingerprint density at radius 3 is 2.38 bits per heavy atom. The van der Waals surface area contributed by atoms with Gasteiger partial charge >= 0.3 is 0 Å². The Morgan fingerprint density at radius 1 is 0.828 bits per heavy atom. The second-order valence-electron chi connectivity index (χ2n) is 6.86. The normalized spacial score (nSPS) is 10.8. The number of aromatic nitrogens is 3. The second kappa shape index (κ2) is 8.97. The molecule has 0 fully saturated rings. The first-order chi connectivity index (χ1) is 14.2. The summed E-state index contributed by atoms with van der Waals surface area (Å²) in [4.78, 5) is 0. The van der Waals surface area contributed by atoms with Crippen molar-refractivity contribution < 1.29 is 4.74 Å². The molecule has 0 unspecified atom stereocenters. The van der Waals surface area contributed by atoms with Gasteiger partial charge in [0.25, 0.3) is 0 Å². The minimum absolute atomic E-state index is 0.606. The topological polar surface area (TPSA) is 39.9 Å². The van der Waals surface area contributed by atoms with Gasteiger partial charge in [-0.2, -0.15) is 0 Å². The van der Waals surface area contributed by atoms with Crippen LogP contribution in [0, 0.1) is 13.8 Å². The van der Waals surface area contributed by atoms with E-state index in [0.717, 1.165) is 33.7 Å². The van der Waals surface area contributed by atoms with Gasteiger partial charge in [0.15, 0.2) is 11.0 Å². The van der Waals surface area contributed by atoms with E-state index in [1.54, 1.807) is 11.8 Å². The fourth-order valence-electron chi connectivity index (χ4n) is 3.06. The number of benzene rings is 3. The number of nitrogens with zero attached hydrogens (tertiary/aromatic N) is 3. The number of hydrogen-bond donors (Lipinski definition) is 0. The van der Waals surface area contributed by atoms with Crippen LogP contribution in [0.3, 0.4) is 0 Å². The van der Waals surface area contributed by atoms with Gasteiger partial charge in [-0.1, -0.05) is 71.9 Å². The number of hydrogen-bond acceptors (Lipinski definition) is 4. The highest BCUT2D eigenvalue weighted by Crippen LogP contribution is 2.28. The van der Waals surface area contributed by atoms with Crippen molar-refractivity contribution in [2.45, 2.75) is 19.0 Å². The van der Waals surface area contributed by atoms with E-state index < -0.39 is 0 Å². The Balaban J connectivity index is 1.55. The molecule has 4 nitrogen and oxygen atoms in total. The Morgan fingerprint density at radius 2 is 1.62 bits per heavy atom. The minimum Gasteiger partial charge on any atom is -0.493 e. The molecule has 0 aliphatic carbocycles. The van der Waals surface area contributed by atoms with Gasteiger partial charge in [0.05, 0.1) is 6.61 Å². The van der Waals surface area contributed by atoms with Gasteiger partial charge in [-0.05, 0) is 43.7 Å². The third-order valence-corrected chi connectivity index (χ3v) is 5.42. The quantitative estimate of drug-likeness (QED) is 0.293. The molecule has 5 heteroatoms. The van der Waals surface area contributed by atoms with Crippen molar-refractivity contribution in [3.8, 4) is 22.8 Å². The molecule has 0 amide bonds. The molecule has 1 aromatic heterocycles. The van der Waals surface area contributed by atoms with E-state index in [0.29, 0.717) is 6.61 Å². The standard InChI is InChI=1S/C24H23N3OS/c1-18-11-13-22(14-12-18)28-15-16-29-24-26-25-23(20-8-4-3-5-9-20)27(24)21-10-6-7-19(2)17-21/h3-14,17H,15-16H2,1-2H3. The fraction of sp³-hybridized carbons (Fsp3) is 0.167. The summed E-state index contributed by atoms with van der Waals surface area (Å²) in [6.45, 7) is 4.77. The van der Waals surface area contributed by atoms with Crippen molar-refractivity contribution in [1.29, 1.82) is 0 Å². The summed E-state index contributed by atoms with van der Waals surface area (Å²) in [6.07, 6.45) is 0. The minimum atomic E-state index is 0.606. The monoisotopic (exact) mass is 401 g/mol. The lowest BCUT2D eigenvalue weighted by atomic mass is 10.2. The zero-order valence-corrected chi connectivity index (χ0v) is 17.4. The first-order valence-corrected chi connectivity index (χ1v) is 10.6. The smallest absolute Gasteiger partial charge is 0.196 e. The van der Waals surface area contributed by atoms with Crippen molar-refractivity contribution >= 4 is 11.8 Å². The molecule has 0 atom stereocenters. The zero-order chi connectivity index (χ0) is 20.1. The molecule has 0 saturated heterocycles. The van der Waals surface area contributed by atoms with E-state index in [4.69, 9.17) is 4.74 Å². The molecule has 146 valence electrons. The molecule has 0 spiro atoms. The van der Waals surface area contributed by atoms with Crippen LogP contribution in [0.2, 0.25) is 0 Å². The van der Waals surface area contributed by atoms with E-state index in [9.17, 15) is 0 Å². The number of ether oxygens (including phenoxy) is 1. The highest BCUT2D eigenvalue weighted by atomic mass is 32.2. The van der Waals surface area contributed by atoms with Gasteiger partial charge in [-0.3, -0.25) is 4.57 Å². The van der Waals surface area contributed by atoms with Gasteiger partial charge < -0.3 is 4.74 Å². The van der Waals surface area contributed by atoms with E-state index in [1.165, 1.54) is 11.1 Å². The molecule has 0 N–H and O–H groups in total. The van der Waals surface area contributed by atoms with Crippen molar-refractivity contribution in [1.82, 2.24) is 14.8 Å². The summed E-state index contributed by atoms with van der Waals surface area (Å²) in [5, 5.41) is 9.83. The first-order valence-electron chi connectivity index (χ1n) is 9.61. The van der Waals surface area contributed by atoms with Crippen molar-refractivity contribution in [3.05, 3.63) is 90.0 Å². The molecule has 29 heavy (non-hydrogen) atoms. The molecule has 0 radical (unpaired) electrons. The summed E-state index contributed by atoms with van der Waals surface area (Å²) in [5.74, 6) is 2.52. The van der Waals surface area contributed by atoms with Crippen LogP contribution in [0.1, 0.15) is 11.1 Å². The Hall–Kier alpha value is -3.05. The Kier molecular flexibility index (Phi) is 5.96. The van der Waals surface area contributed by atoms with Gasteiger partial charge in [0.1, 0.15) is 5.75 Å². The van der Waals surface area contributed by atoms with Crippen molar-refractivity contribution in [3.63, 3.8) is 0 Å². The third-order valence-electron chi connectivity index (χ3n) is 4.53. The number of thioether (sulfide) groups is 1. The van der Waals surface area contributed by atoms with Crippen molar-refractivity contribution in [2.75, 3.05) is 12.4 Å². The largest absolute Gasteiger partial charge is 0.493 e. The predicted octanol–water partition coefficient (Wildman–Crippen LogP) is 5.72. The van der Waals surface area contributed by atoms with E-state index >= 15 is 0 Å². The average Bonchev–Trinajstić information content (AvgIpc) is 3.17. The van der Waals surface area contributed by atoms with Crippen LogP contribution in [-0.4, -0.2) is 27.1 Å². The van der Waals surface area contributed by atoms with Crippen LogP contribution in [0.4, 0.5) is 0 Å². The molecule has 0 aliphatic heterocycles. The summed E-state index contributed by atoms with van der Waals surface area (Å²) < 4.78 is 7.98. The number of rotatable bonds is 7. The molecule has 3 aromatic carbocycles. The van der Waals surface area contributed by atoms with Crippen LogP contribution < -0.4 is 4.74 Å². The fourth-order valence-corrected chi connectivity index (χ4v) is 3.83. The molecular weight excluding hydrogens is 378 g/mol. The first kappa shape index (κ1) is 19.3. The lowest BCUT2D eigenvalue weighted by Gasteiger charge is -2.11. The highest BCUT2D eigenvalue weighted by Gasteiger charge is 2.16. The summed E-state index contributed by atoms with van der Waals surface area (Å²) in [5.41, 5.74) is 4.54. The van der Waals surface area contributed by atoms with E-state index in [2.05, 4.69) is 77.1 Å². The molecule has 1 heterocycles.